The van der Waals surface area contributed by atoms with Gasteiger partial charge in [-0.15, -0.1) is 0 Å². The number of hydrogen-bond donors (Lipinski definition) is 0. The summed E-state index contributed by atoms with van der Waals surface area (Å²) in [7, 11) is -7.74. The second kappa shape index (κ2) is 9.90. The third-order valence-corrected chi connectivity index (χ3v) is 6.66. The van der Waals surface area contributed by atoms with Gasteiger partial charge in [-0.25, -0.2) is 0 Å². The lowest BCUT2D eigenvalue weighted by Crippen LogP contribution is -2.16. The van der Waals surface area contributed by atoms with Gasteiger partial charge in [0.2, 0.25) is 0 Å². The molecule has 0 saturated heterocycles. The van der Waals surface area contributed by atoms with Crippen molar-refractivity contribution < 1.29 is 43.1 Å². The molecule has 3 rings (SSSR count). The fourth-order valence-electron chi connectivity index (χ4n) is 3.49. The summed E-state index contributed by atoms with van der Waals surface area (Å²) in [6.07, 6.45) is -4.08. The molecule has 0 amide bonds. The van der Waals surface area contributed by atoms with Gasteiger partial charge in [0.15, 0.2) is 0 Å². The van der Waals surface area contributed by atoms with Crippen LogP contribution in [0.4, 0.5) is 13.2 Å². The molecule has 0 saturated carbocycles. The van der Waals surface area contributed by atoms with E-state index in [0.717, 1.165) is 17.4 Å². The first-order valence-corrected chi connectivity index (χ1v) is 13.4. The summed E-state index contributed by atoms with van der Waals surface area (Å²) >= 11 is 0. The van der Waals surface area contributed by atoms with Crippen LogP contribution in [0.3, 0.4) is 0 Å². The maximum atomic E-state index is 12.2. The van der Waals surface area contributed by atoms with Gasteiger partial charge in [-0.1, -0.05) is 18.2 Å². The smallest absolute Gasteiger partial charge is 0.389 e. The molecule has 0 aliphatic heterocycles. The van der Waals surface area contributed by atoms with Crippen LogP contribution in [0.1, 0.15) is 24.0 Å². The number of alkyl halides is 3. The minimum absolute atomic E-state index is 0.0315. The molecular formula is C21H23F3O7S2. The summed E-state index contributed by atoms with van der Waals surface area (Å²) < 4.78 is 99.0. The summed E-state index contributed by atoms with van der Waals surface area (Å²) in [5.74, 6) is -0.0648. The van der Waals surface area contributed by atoms with Gasteiger partial charge in [0, 0.05) is 12.5 Å². The SMILES string of the molecule is CS(=O)(=O)OCC1Cc2cccc(Oc3cccc(OS(=O)(=O)CCCC(F)(F)F)c3)c2C1. The standard InChI is InChI=1S/C21H23F3O7S2/c1-32(25,26)29-14-15-11-16-5-2-8-20(19(16)12-15)30-17-6-3-7-18(13-17)31-33(27,28)10-4-9-21(22,23)24/h2-3,5-8,13,15H,4,9-12,14H2,1H3. The van der Waals surface area contributed by atoms with Crippen LogP contribution in [0, 0.1) is 5.92 Å². The van der Waals surface area contributed by atoms with Crippen molar-refractivity contribution in [3.8, 4) is 17.2 Å². The molecule has 0 radical (unpaired) electrons. The molecule has 0 N–H and O–H groups in total. The molecule has 0 bridgehead atoms. The maximum Gasteiger partial charge on any atom is 0.389 e. The van der Waals surface area contributed by atoms with Crippen molar-refractivity contribution >= 4 is 20.2 Å². The highest BCUT2D eigenvalue weighted by Crippen LogP contribution is 2.37. The van der Waals surface area contributed by atoms with Gasteiger partial charge < -0.3 is 8.92 Å². The Kier molecular flexibility index (Phi) is 7.59. The Bertz CT molecular complexity index is 1190. The molecule has 2 aromatic carbocycles. The van der Waals surface area contributed by atoms with Crippen LogP contribution in [-0.2, 0) is 37.3 Å². The van der Waals surface area contributed by atoms with E-state index in [1.807, 2.05) is 6.07 Å². The van der Waals surface area contributed by atoms with E-state index in [1.54, 1.807) is 18.2 Å². The molecular weight excluding hydrogens is 485 g/mol. The maximum absolute atomic E-state index is 12.2. The minimum atomic E-state index is -4.44. The Balaban J connectivity index is 1.66. The molecule has 1 atom stereocenters. The molecule has 7 nitrogen and oxygen atoms in total. The van der Waals surface area contributed by atoms with Gasteiger partial charge in [-0.3, -0.25) is 4.18 Å². The zero-order valence-electron chi connectivity index (χ0n) is 17.7. The summed E-state index contributed by atoms with van der Waals surface area (Å²) in [5, 5.41) is 0. The van der Waals surface area contributed by atoms with Crippen LogP contribution in [0.2, 0.25) is 0 Å². The number of fused-ring (bicyclic) bond motifs is 1. The molecule has 1 unspecified atom stereocenters. The van der Waals surface area contributed by atoms with Crippen molar-refractivity contribution in [3.63, 3.8) is 0 Å². The molecule has 182 valence electrons. The van der Waals surface area contributed by atoms with E-state index in [4.69, 9.17) is 13.1 Å². The Hall–Kier alpha value is -2.31. The van der Waals surface area contributed by atoms with Gasteiger partial charge in [0.25, 0.3) is 10.1 Å². The highest BCUT2D eigenvalue weighted by atomic mass is 32.2. The molecule has 0 spiro atoms. The molecule has 0 fully saturated rings. The average molecular weight is 509 g/mol. The van der Waals surface area contributed by atoms with Crippen LogP contribution in [0.15, 0.2) is 42.5 Å². The summed E-state index contributed by atoms with van der Waals surface area (Å²) in [5.41, 5.74) is 1.89. The van der Waals surface area contributed by atoms with E-state index >= 15 is 0 Å². The van der Waals surface area contributed by atoms with E-state index in [9.17, 15) is 30.0 Å². The van der Waals surface area contributed by atoms with Crippen molar-refractivity contribution in [1.82, 2.24) is 0 Å². The first-order chi connectivity index (χ1) is 15.3. The van der Waals surface area contributed by atoms with E-state index in [2.05, 4.69) is 0 Å². The predicted octanol–water partition coefficient (Wildman–Crippen LogP) is 4.22. The monoisotopic (exact) mass is 508 g/mol. The number of benzene rings is 2. The quantitative estimate of drug-likeness (QED) is 0.444. The van der Waals surface area contributed by atoms with Crippen molar-refractivity contribution in [3.05, 3.63) is 53.6 Å². The first-order valence-electron chi connectivity index (χ1n) is 10.0. The predicted molar refractivity (Wildman–Crippen MR) is 114 cm³/mol. The van der Waals surface area contributed by atoms with Gasteiger partial charge >= 0.3 is 16.3 Å². The molecule has 0 heterocycles. The Morgan fingerprint density at radius 1 is 1.00 bits per heavy atom. The van der Waals surface area contributed by atoms with Gasteiger partial charge in [-0.05, 0) is 54.5 Å². The normalized spacial score (nSPS) is 16.4. The summed E-state index contributed by atoms with van der Waals surface area (Å²) in [6.45, 7) is 0.0580. The van der Waals surface area contributed by atoms with Crippen molar-refractivity contribution in [2.45, 2.75) is 31.9 Å². The van der Waals surface area contributed by atoms with Crippen molar-refractivity contribution in [2.24, 2.45) is 5.92 Å². The largest absolute Gasteiger partial charge is 0.457 e. The number of hydrogen-bond acceptors (Lipinski definition) is 7. The Morgan fingerprint density at radius 3 is 2.39 bits per heavy atom. The summed E-state index contributed by atoms with van der Waals surface area (Å²) in [6, 6.07) is 11.2. The molecule has 0 aromatic heterocycles. The van der Waals surface area contributed by atoms with Crippen LogP contribution >= 0.6 is 0 Å². The van der Waals surface area contributed by atoms with Crippen molar-refractivity contribution in [1.29, 1.82) is 0 Å². The molecule has 2 aromatic rings. The van der Waals surface area contributed by atoms with E-state index < -0.39 is 45.0 Å². The van der Waals surface area contributed by atoms with Crippen LogP contribution in [-0.4, -0.2) is 41.6 Å². The Labute approximate surface area is 190 Å². The molecule has 1 aliphatic carbocycles. The van der Waals surface area contributed by atoms with Crippen LogP contribution < -0.4 is 8.92 Å². The second-order valence-corrected chi connectivity index (χ2v) is 11.1. The Morgan fingerprint density at radius 2 is 1.70 bits per heavy atom. The first kappa shape index (κ1) is 25.3. The lowest BCUT2D eigenvalue weighted by molar-refractivity contribution is -0.134. The van der Waals surface area contributed by atoms with Gasteiger partial charge in [0.05, 0.1) is 18.6 Å². The number of halogens is 3. The lowest BCUT2D eigenvalue weighted by atomic mass is 10.1. The summed E-state index contributed by atoms with van der Waals surface area (Å²) in [4.78, 5) is 0. The topological polar surface area (TPSA) is 96.0 Å². The van der Waals surface area contributed by atoms with Gasteiger partial charge in [-0.2, -0.15) is 30.0 Å². The fourth-order valence-corrected chi connectivity index (χ4v) is 4.91. The number of rotatable bonds is 10. The third kappa shape index (κ3) is 8.20. The van der Waals surface area contributed by atoms with Crippen molar-refractivity contribution in [2.75, 3.05) is 18.6 Å². The number of ether oxygens (including phenoxy) is 1. The van der Waals surface area contributed by atoms with Crippen LogP contribution in [0.5, 0.6) is 17.2 Å². The third-order valence-electron chi connectivity index (χ3n) is 4.86. The fraction of sp³-hybridized carbons (Fsp3) is 0.429. The molecule has 33 heavy (non-hydrogen) atoms. The molecule has 1 aliphatic rings. The van der Waals surface area contributed by atoms with Crippen LogP contribution in [0.25, 0.3) is 0 Å². The molecule has 12 heteroatoms. The van der Waals surface area contributed by atoms with E-state index in [1.165, 1.54) is 18.2 Å². The van der Waals surface area contributed by atoms with E-state index in [-0.39, 0.29) is 24.0 Å². The minimum Gasteiger partial charge on any atom is -0.457 e. The zero-order valence-corrected chi connectivity index (χ0v) is 19.3. The van der Waals surface area contributed by atoms with E-state index in [0.29, 0.717) is 18.6 Å². The average Bonchev–Trinajstić information content (AvgIpc) is 3.09. The zero-order chi connectivity index (χ0) is 24.3. The lowest BCUT2D eigenvalue weighted by Gasteiger charge is -2.12. The highest BCUT2D eigenvalue weighted by molar-refractivity contribution is 7.87. The highest BCUT2D eigenvalue weighted by Gasteiger charge is 2.28. The second-order valence-electron chi connectivity index (χ2n) is 7.80. The van der Waals surface area contributed by atoms with Gasteiger partial charge in [0.1, 0.15) is 17.2 Å².